The van der Waals surface area contributed by atoms with E-state index < -0.39 is 12.1 Å². The smallest absolute Gasteiger partial charge is 0.306 e. The van der Waals surface area contributed by atoms with E-state index in [9.17, 15) is 14.4 Å². The second-order valence-corrected chi connectivity index (χ2v) is 15.6. The molecular weight excluding hydrogens is 721 g/mol. The molecule has 0 saturated carbocycles. The molecule has 0 saturated heterocycles. The minimum Gasteiger partial charge on any atom is -0.462 e. The third-order valence-corrected chi connectivity index (χ3v) is 9.96. The van der Waals surface area contributed by atoms with Crippen LogP contribution in [-0.2, 0) is 28.6 Å². The Morgan fingerprint density at radius 3 is 1.14 bits per heavy atom. The highest BCUT2D eigenvalue weighted by molar-refractivity contribution is 5.71. The van der Waals surface area contributed by atoms with Crippen LogP contribution >= 0.6 is 0 Å². The zero-order valence-corrected chi connectivity index (χ0v) is 37.8. The lowest BCUT2D eigenvalue weighted by atomic mass is 10.1. The summed E-state index contributed by atoms with van der Waals surface area (Å²) in [7, 11) is 0. The lowest BCUT2D eigenvalue weighted by Gasteiger charge is -2.18. The average Bonchev–Trinajstić information content (AvgIpc) is 3.22. The molecule has 0 aromatic carbocycles. The number of hydrogen-bond donors (Lipinski definition) is 0. The first kappa shape index (κ1) is 54.9. The molecule has 0 aromatic heterocycles. The van der Waals surface area contributed by atoms with Crippen molar-refractivity contribution in [3.63, 3.8) is 0 Å². The van der Waals surface area contributed by atoms with Crippen molar-refractivity contribution < 1.29 is 28.6 Å². The molecule has 332 valence electrons. The van der Waals surface area contributed by atoms with Crippen molar-refractivity contribution in [2.45, 2.75) is 226 Å². The summed E-state index contributed by atoms with van der Waals surface area (Å²) in [5.41, 5.74) is 0. The Bertz CT molecular complexity index is 1110. The van der Waals surface area contributed by atoms with Gasteiger partial charge in [-0.05, 0) is 77.0 Å². The fourth-order valence-electron chi connectivity index (χ4n) is 6.37. The Kier molecular flexibility index (Phi) is 44.0. The molecule has 1 atom stereocenters. The molecular formula is C52H88O6. The highest BCUT2D eigenvalue weighted by Gasteiger charge is 2.19. The Hall–Kier alpha value is -3.15. The van der Waals surface area contributed by atoms with Crippen LogP contribution in [0.4, 0.5) is 0 Å². The van der Waals surface area contributed by atoms with Gasteiger partial charge >= 0.3 is 17.9 Å². The first-order valence-electron chi connectivity index (χ1n) is 23.9. The number of rotatable bonds is 42. The summed E-state index contributed by atoms with van der Waals surface area (Å²) in [5.74, 6) is -1.00. The maximum Gasteiger partial charge on any atom is 0.306 e. The Balaban J connectivity index is 4.42. The number of ether oxygens (including phenoxy) is 3. The zero-order valence-electron chi connectivity index (χ0n) is 37.8. The maximum atomic E-state index is 12.7. The van der Waals surface area contributed by atoms with E-state index in [4.69, 9.17) is 14.2 Å². The number of unbranched alkanes of at least 4 members (excludes halogenated alkanes) is 19. The van der Waals surface area contributed by atoms with Gasteiger partial charge in [-0.2, -0.15) is 0 Å². The van der Waals surface area contributed by atoms with Crippen molar-refractivity contribution in [3.8, 4) is 0 Å². The van der Waals surface area contributed by atoms with Gasteiger partial charge in [0.25, 0.3) is 0 Å². The van der Waals surface area contributed by atoms with Crippen molar-refractivity contribution >= 4 is 17.9 Å². The Morgan fingerprint density at radius 2 is 0.707 bits per heavy atom. The fraction of sp³-hybridized carbons (Fsp3) is 0.712. The van der Waals surface area contributed by atoms with Gasteiger partial charge in [0, 0.05) is 19.3 Å². The largest absolute Gasteiger partial charge is 0.462 e. The van der Waals surface area contributed by atoms with E-state index in [-0.39, 0.29) is 31.6 Å². The van der Waals surface area contributed by atoms with Crippen LogP contribution in [0.5, 0.6) is 0 Å². The molecule has 0 bridgehead atoms. The molecule has 0 aliphatic rings. The molecule has 0 aliphatic heterocycles. The van der Waals surface area contributed by atoms with E-state index in [1.165, 1.54) is 96.3 Å². The average molecular weight is 809 g/mol. The number of hydrogen-bond acceptors (Lipinski definition) is 6. The van der Waals surface area contributed by atoms with Gasteiger partial charge in [-0.1, -0.05) is 196 Å². The first-order chi connectivity index (χ1) is 28.5. The highest BCUT2D eigenvalue weighted by atomic mass is 16.6. The summed E-state index contributed by atoms with van der Waals surface area (Å²) in [4.78, 5) is 37.7. The van der Waals surface area contributed by atoms with Crippen LogP contribution in [0.25, 0.3) is 0 Å². The molecule has 0 N–H and O–H groups in total. The predicted octanol–water partition coefficient (Wildman–Crippen LogP) is 15.5. The quantitative estimate of drug-likeness (QED) is 0.0264. The molecule has 0 aromatic rings. The third-order valence-electron chi connectivity index (χ3n) is 9.96. The van der Waals surface area contributed by atoms with E-state index in [2.05, 4.69) is 81.5 Å². The molecule has 0 heterocycles. The summed E-state index contributed by atoms with van der Waals surface area (Å²) in [6.45, 7) is 6.40. The molecule has 0 radical (unpaired) electrons. The summed E-state index contributed by atoms with van der Waals surface area (Å²) in [6, 6.07) is 0. The fourth-order valence-corrected chi connectivity index (χ4v) is 6.37. The van der Waals surface area contributed by atoms with Gasteiger partial charge in [0.2, 0.25) is 0 Å². The van der Waals surface area contributed by atoms with Gasteiger partial charge in [-0.15, -0.1) is 0 Å². The van der Waals surface area contributed by atoms with E-state index in [1.54, 1.807) is 0 Å². The third kappa shape index (κ3) is 44.0. The minimum atomic E-state index is -0.812. The number of esters is 3. The molecule has 0 aliphatic carbocycles. The second-order valence-electron chi connectivity index (χ2n) is 15.6. The van der Waals surface area contributed by atoms with Gasteiger partial charge in [0.05, 0.1) is 0 Å². The van der Waals surface area contributed by atoms with E-state index in [0.717, 1.165) is 77.0 Å². The summed E-state index contributed by atoms with van der Waals surface area (Å²) in [5, 5.41) is 0. The molecule has 0 rings (SSSR count). The molecule has 0 amide bonds. The zero-order chi connectivity index (χ0) is 42.3. The van der Waals surface area contributed by atoms with Crippen molar-refractivity contribution in [2.75, 3.05) is 13.2 Å². The topological polar surface area (TPSA) is 78.9 Å². The highest BCUT2D eigenvalue weighted by Crippen LogP contribution is 2.13. The van der Waals surface area contributed by atoms with Gasteiger partial charge in [0.15, 0.2) is 6.10 Å². The first-order valence-corrected chi connectivity index (χ1v) is 23.9. The van der Waals surface area contributed by atoms with Gasteiger partial charge in [-0.3, -0.25) is 14.4 Å². The van der Waals surface area contributed by atoms with Gasteiger partial charge in [0.1, 0.15) is 13.2 Å². The standard InChI is InChI=1S/C52H88O6/c1-4-7-10-13-16-19-21-23-24-25-26-27-29-30-33-36-39-42-45-51(54)57-48-49(47-56-50(53)44-41-38-35-32-18-15-12-9-6-3)58-52(55)46-43-40-37-34-31-28-22-20-17-14-11-8-5-2/h8,11,17,19-21,24-25,28,31,37,40,49H,4-7,9-10,12-16,18,22-23,26-27,29-30,32-36,38-39,41-48H2,1-3H3/b11-8-,20-17-,21-19-,25-24-,31-28-,40-37-. The summed E-state index contributed by atoms with van der Waals surface area (Å²) >= 11 is 0. The SMILES string of the molecule is CC/C=C\C/C=C\C/C=C\C/C=C\CCC(=O)OC(COC(=O)CCCCCCCCC/C=C\C/C=C\CCCCCC)COC(=O)CCCCCCCCCCC. The summed E-state index contributed by atoms with van der Waals surface area (Å²) in [6.07, 6.45) is 57.6. The lowest BCUT2D eigenvalue weighted by Crippen LogP contribution is -2.30. The van der Waals surface area contributed by atoms with Crippen molar-refractivity contribution in [1.82, 2.24) is 0 Å². The monoisotopic (exact) mass is 809 g/mol. The van der Waals surface area contributed by atoms with Crippen molar-refractivity contribution in [2.24, 2.45) is 0 Å². The second kappa shape index (κ2) is 46.5. The molecule has 6 nitrogen and oxygen atoms in total. The van der Waals surface area contributed by atoms with Crippen molar-refractivity contribution in [3.05, 3.63) is 72.9 Å². The lowest BCUT2D eigenvalue weighted by molar-refractivity contribution is -0.166. The number of carbonyl (C=O) groups excluding carboxylic acids is 3. The van der Waals surface area contributed by atoms with Crippen LogP contribution in [0, 0.1) is 0 Å². The van der Waals surface area contributed by atoms with Crippen LogP contribution in [0.1, 0.15) is 220 Å². The minimum absolute atomic E-state index is 0.106. The maximum absolute atomic E-state index is 12.7. The predicted molar refractivity (Wildman–Crippen MR) is 247 cm³/mol. The molecule has 58 heavy (non-hydrogen) atoms. The van der Waals surface area contributed by atoms with Gasteiger partial charge in [-0.25, -0.2) is 0 Å². The molecule has 0 spiro atoms. The molecule has 0 fully saturated rings. The van der Waals surface area contributed by atoms with E-state index in [1.807, 2.05) is 12.2 Å². The summed E-state index contributed by atoms with van der Waals surface area (Å²) < 4.78 is 16.6. The van der Waals surface area contributed by atoms with Crippen LogP contribution in [0.2, 0.25) is 0 Å². The van der Waals surface area contributed by atoms with Crippen LogP contribution in [0.3, 0.4) is 0 Å². The van der Waals surface area contributed by atoms with E-state index >= 15 is 0 Å². The van der Waals surface area contributed by atoms with Crippen LogP contribution in [0.15, 0.2) is 72.9 Å². The van der Waals surface area contributed by atoms with E-state index in [0.29, 0.717) is 19.3 Å². The Morgan fingerprint density at radius 1 is 0.362 bits per heavy atom. The van der Waals surface area contributed by atoms with Crippen molar-refractivity contribution in [1.29, 1.82) is 0 Å². The number of allylic oxidation sites excluding steroid dienone is 12. The molecule has 6 heteroatoms. The van der Waals surface area contributed by atoms with Gasteiger partial charge < -0.3 is 14.2 Å². The molecule has 1 unspecified atom stereocenters. The Labute approximate surface area is 357 Å². The normalized spacial score (nSPS) is 12.7. The number of carbonyl (C=O) groups is 3. The van der Waals surface area contributed by atoms with Crippen LogP contribution < -0.4 is 0 Å². The van der Waals surface area contributed by atoms with Crippen LogP contribution in [-0.4, -0.2) is 37.2 Å².